The third kappa shape index (κ3) is 13.9. The van der Waals surface area contributed by atoms with E-state index in [0.29, 0.717) is 23.5 Å². The molecule has 0 saturated carbocycles. The van der Waals surface area contributed by atoms with Crippen LogP contribution in [-0.2, 0) is 25.7 Å². The maximum Gasteiger partial charge on any atom is 0.335 e. The van der Waals surface area contributed by atoms with E-state index < -0.39 is 34.1 Å². The average Bonchev–Trinajstić information content (AvgIpc) is 3.15. The molecule has 0 fully saturated rings. The number of aromatic carboxylic acids is 1. The summed E-state index contributed by atoms with van der Waals surface area (Å²) < 4.78 is 6.15. The lowest BCUT2D eigenvalue weighted by atomic mass is 9.78. The SMILES string of the molecule is CCCCCCCCCCCCCCCc1cccc(OC(CC)C(=O)Nc2cccc(NC(=O)C(Cl)(C(=O)C(C)(C)C)c3ccc(C(=O)O)cc3)c2)c1. The molecule has 3 N–H and O–H groups in total. The molecular formula is C45H61ClN2O6. The molecule has 0 aliphatic heterocycles. The van der Waals surface area contributed by atoms with Crippen LogP contribution in [0.2, 0.25) is 0 Å². The summed E-state index contributed by atoms with van der Waals surface area (Å²) in [7, 11) is 0. The molecule has 0 heterocycles. The molecule has 0 spiro atoms. The Labute approximate surface area is 327 Å². The maximum atomic E-state index is 13.8. The molecule has 0 saturated heterocycles. The summed E-state index contributed by atoms with van der Waals surface area (Å²) in [5, 5.41) is 14.9. The van der Waals surface area contributed by atoms with Crippen LogP contribution in [0.3, 0.4) is 0 Å². The molecule has 54 heavy (non-hydrogen) atoms. The van der Waals surface area contributed by atoms with E-state index in [2.05, 4.69) is 23.6 Å². The lowest BCUT2D eigenvalue weighted by molar-refractivity contribution is -0.135. The highest BCUT2D eigenvalue weighted by Crippen LogP contribution is 2.39. The fourth-order valence-corrected chi connectivity index (χ4v) is 6.90. The average molecular weight is 761 g/mol. The van der Waals surface area contributed by atoms with Crippen LogP contribution in [0.4, 0.5) is 11.4 Å². The van der Waals surface area contributed by atoms with Crippen molar-refractivity contribution in [2.75, 3.05) is 10.6 Å². The number of carbonyl (C=O) groups is 4. The van der Waals surface area contributed by atoms with Crippen molar-refractivity contribution in [2.24, 2.45) is 5.41 Å². The van der Waals surface area contributed by atoms with E-state index >= 15 is 0 Å². The molecule has 0 aliphatic carbocycles. The van der Waals surface area contributed by atoms with Gasteiger partial charge in [-0.15, -0.1) is 0 Å². The van der Waals surface area contributed by atoms with Gasteiger partial charge in [-0.25, -0.2) is 4.79 Å². The van der Waals surface area contributed by atoms with Gasteiger partial charge in [0.15, 0.2) is 11.9 Å². The minimum Gasteiger partial charge on any atom is -0.481 e. The number of carboxylic acids is 1. The Kier molecular flexibility index (Phi) is 18.2. The Morgan fingerprint density at radius 2 is 1.24 bits per heavy atom. The van der Waals surface area contributed by atoms with Crippen LogP contribution in [0, 0.1) is 5.41 Å². The number of hydrogen-bond acceptors (Lipinski definition) is 5. The number of anilines is 2. The van der Waals surface area contributed by atoms with Gasteiger partial charge in [0.1, 0.15) is 5.75 Å². The number of hydrogen-bond donors (Lipinski definition) is 3. The molecule has 2 atom stereocenters. The summed E-state index contributed by atoms with van der Waals surface area (Å²) in [5.74, 6) is -2.20. The Morgan fingerprint density at radius 1 is 0.704 bits per heavy atom. The first-order valence-corrected chi connectivity index (χ1v) is 20.2. The van der Waals surface area contributed by atoms with Gasteiger partial charge >= 0.3 is 5.97 Å². The molecule has 0 bridgehead atoms. The van der Waals surface area contributed by atoms with E-state index in [0.717, 1.165) is 12.8 Å². The fraction of sp³-hybridized carbons (Fsp3) is 0.511. The molecule has 294 valence electrons. The zero-order valence-electron chi connectivity index (χ0n) is 33.0. The predicted octanol–water partition coefficient (Wildman–Crippen LogP) is 11.5. The molecule has 0 radical (unpaired) electrons. The first-order chi connectivity index (χ1) is 25.8. The van der Waals surface area contributed by atoms with Crippen molar-refractivity contribution in [3.8, 4) is 5.75 Å². The number of benzene rings is 3. The summed E-state index contributed by atoms with van der Waals surface area (Å²) in [5.41, 5.74) is 1.06. The molecule has 3 aromatic rings. The summed E-state index contributed by atoms with van der Waals surface area (Å²) in [6.07, 6.45) is 17.8. The van der Waals surface area contributed by atoms with Crippen molar-refractivity contribution >= 4 is 46.5 Å². The first kappa shape index (κ1) is 44.2. The second-order valence-corrected chi connectivity index (χ2v) is 15.9. The Balaban J connectivity index is 1.53. The molecule has 3 aromatic carbocycles. The smallest absolute Gasteiger partial charge is 0.335 e. The van der Waals surface area contributed by atoms with Crippen molar-refractivity contribution in [1.29, 1.82) is 0 Å². The first-order valence-electron chi connectivity index (χ1n) is 19.8. The highest BCUT2D eigenvalue weighted by molar-refractivity contribution is 6.48. The van der Waals surface area contributed by atoms with E-state index in [1.807, 2.05) is 25.1 Å². The minimum atomic E-state index is -2.14. The Bertz CT molecular complexity index is 1650. The Morgan fingerprint density at radius 3 is 1.78 bits per heavy atom. The number of alkyl halides is 1. The summed E-state index contributed by atoms with van der Waals surface area (Å²) in [6, 6.07) is 19.8. The lowest BCUT2D eigenvalue weighted by Crippen LogP contribution is -2.47. The van der Waals surface area contributed by atoms with Crippen LogP contribution < -0.4 is 15.4 Å². The number of rotatable bonds is 24. The third-order valence-corrected chi connectivity index (χ3v) is 10.2. The maximum absolute atomic E-state index is 13.8. The molecular weight excluding hydrogens is 700 g/mol. The van der Waals surface area contributed by atoms with E-state index in [4.69, 9.17) is 16.3 Å². The highest BCUT2D eigenvalue weighted by Gasteiger charge is 2.50. The monoisotopic (exact) mass is 760 g/mol. The van der Waals surface area contributed by atoms with Crippen molar-refractivity contribution in [3.63, 3.8) is 0 Å². The minimum absolute atomic E-state index is 0.00286. The fourth-order valence-electron chi connectivity index (χ4n) is 6.45. The molecule has 2 unspecified atom stereocenters. The van der Waals surface area contributed by atoms with Gasteiger partial charge in [-0.1, -0.05) is 154 Å². The van der Waals surface area contributed by atoms with Gasteiger partial charge in [-0.05, 0) is 72.9 Å². The number of ketones is 1. The number of unbranched alkanes of at least 4 members (excludes halogenated alkanes) is 12. The Hall–Kier alpha value is -4.17. The van der Waals surface area contributed by atoms with Crippen LogP contribution in [0.1, 0.15) is 146 Å². The van der Waals surface area contributed by atoms with Crippen LogP contribution in [0.5, 0.6) is 5.75 Å². The zero-order chi connectivity index (χ0) is 39.6. The number of ether oxygens (including phenoxy) is 1. The van der Waals surface area contributed by atoms with Gasteiger partial charge in [0.2, 0.25) is 4.87 Å². The summed E-state index contributed by atoms with van der Waals surface area (Å²) >= 11 is 6.89. The van der Waals surface area contributed by atoms with Crippen molar-refractivity contribution in [2.45, 2.75) is 142 Å². The van der Waals surface area contributed by atoms with E-state index in [1.165, 1.54) is 107 Å². The van der Waals surface area contributed by atoms with Gasteiger partial charge in [-0.2, -0.15) is 0 Å². The van der Waals surface area contributed by atoms with Gasteiger partial charge < -0.3 is 20.5 Å². The van der Waals surface area contributed by atoms with Crippen LogP contribution >= 0.6 is 11.6 Å². The van der Waals surface area contributed by atoms with Gasteiger partial charge in [0.25, 0.3) is 11.8 Å². The molecule has 3 rings (SSSR count). The molecule has 8 nitrogen and oxygen atoms in total. The van der Waals surface area contributed by atoms with E-state index in [1.54, 1.807) is 45.0 Å². The van der Waals surface area contributed by atoms with Crippen molar-refractivity contribution in [3.05, 3.63) is 89.5 Å². The van der Waals surface area contributed by atoms with Crippen LogP contribution in [0.15, 0.2) is 72.8 Å². The number of carboxylic acid groups (broad SMARTS) is 1. The van der Waals surface area contributed by atoms with E-state index in [9.17, 15) is 24.3 Å². The quantitative estimate of drug-likeness (QED) is 0.0475. The second kappa shape index (κ2) is 22.3. The van der Waals surface area contributed by atoms with Gasteiger partial charge in [0, 0.05) is 16.8 Å². The molecule has 2 amide bonds. The molecule has 0 aromatic heterocycles. The number of halogens is 1. The van der Waals surface area contributed by atoms with Crippen molar-refractivity contribution in [1.82, 2.24) is 0 Å². The van der Waals surface area contributed by atoms with Crippen LogP contribution in [-0.4, -0.2) is 34.8 Å². The summed E-state index contributed by atoms with van der Waals surface area (Å²) in [6.45, 7) is 9.12. The number of Topliss-reactive ketones (excluding diaryl/α,β-unsaturated/α-hetero) is 1. The number of nitrogens with one attached hydrogen (secondary N) is 2. The molecule has 0 aliphatic rings. The third-order valence-electron chi connectivity index (χ3n) is 9.63. The largest absolute Gasteiger partial charge is 0.481 e. The predicted molar refractivity (Wildman–Crippen MR) is 220 cm³/mol. The molecule has 9 heteroatoms. The van der Waals surface area contributed by atoms with Gasteiger partial charge in [0.05, 0.1) is 5.56 Å². The number of aryl methyl sites for hydroxylation is 1. The van der Waals surface area contributed by atoms with Gasteiger partial charge in [-0.3, -0.25) is 14.4 Å². The van der Waals surface area contributed by atoms with Crippen LogP contribution in [0.25, 0.3) is 0 Å². The highest BCUT2D eigenvalue weighted by atomic mass is 35.5. The number of amides is 2. The zero-order valence-corrected chi connectivity index (χ0v) is 33.7. The lowest BCUT2D eigenvalue weighted by Gasteiger charge is -2.31. The van der Waals surface area contributed by atoms with E-state index in [-0.39, 0.29) is 17.0 Å². The standard InChI is InChI=1S/C45H61ClN2O6/c1-6-8-9-10-11-12-13-14-15-16-17-18-19-22-33-23-20-26-38(31-33)54-39(7-2)40(49)47-36-24-21-25-37(32-36)48-43(53)45(46,42(52)44(3,4)5)35-29-27-34(28-30-35)41(50)51/h20-21,23-32,39H,6-19,22H2,1-5H3,(H,47,49)(H,48,53)(H,50,51). The van der Waals surface area contributed by atoms with Crippen molar-refractivity contribution < 1.29 is 29.0 Å². The summed E-state index contributed by atoms with van der Waals surface area (Å²) in [4.78, 5) is 50.0. The normalized spacial score (nSPS) is 13.1. The number of carbonyl (C=O) groups excluding carboxylic acids is 3. The second-order valence-electron chi connectivity index (χ2n) is 15.3. The topological polar surface area (TPSA) is 122 Å².